The Hall–Kier alpha value is -0.240. The van der Waals surface area contributed by atoms with Crippen molar-refractivity contribution in [2.45, 2.75) is 95.4 Å². The first-order valence-electron chi connectivity index (χ1n) is 9.04. The Balaban J connectivity index is 2.06. The number of hydrogen-bond acceptors (Lipinski definition) is 6. The number of rotatable bonds is 12. The molecule has 138 valence electrons. The summed E-state index contributed by atoms with van der Waals surface area (Å²) in [5.41, 5.74) is 0. The van der Waals surface area contributed by atoms with Crippen LogP contribution in [0.4, 0.5) is 0 Å². The Morgan fingerprint density at radius 3 is 1.91 bits per heavy atom. The van der Waals surface area contributed by atoms with Crippen LogP contribution >= 0.6 is 0 Å². The zero-order chi connectivity index (χ0) is 17.1. The number of aliphatic hydroxyl groups is 4. The third-order valence-electron chi connectivity index (χ3n) is 4.38. The maximum Gasteiger partial charge on any atom is 0.186 e. The molecule has 1 aliphatic heterocycles. The van der Waals surface area contributed by atoms with Crippen LogP contribution < -0.4 is 0 Å². The van der Waals surface area contributed by atoms with Crippen LogP contribution in [-0.2, 0) is 9.47 Å². The highest BCUT2D eigenvalue weighted by molar-refractivity contribution is 4.88. The molecule has 1 heterocycles. The van der Waals surface area contributed by atoms with Crippen molar-refractivity contribution < 1.29 is 29.9 Å². The van der Waals surface area contributed by atoms with Crippen LogP contribution in [0.5, 0.6) is 0 Å². The van der Waals surface area contributed by atoms with Gasteiger partial charge in [-0.1, -0.05) is 58.3 Å². The van der Waals surface area contributed by atoms with E-state index >= 15 is 0 Å². The molecule has 1 fully saturated rings. The molecule has 1 rings (SSSR count). The van der Waals surface area contributed by atoms with Crippen LogP contribution in [0, 0.1) is 0 Å². The lowest BCUT2D eigenvalue weighted by Gasteiger charge is -2.39. The molecule has 0 amide bonds. The van der Waals surface area contributed by atoms with Crippen LogP contribution in [0.2, 0.25) is 0 Å². The van der Waals surface area contributed by atoms with E-state index in [0.717, 1.165) is 12.8 Å². The summed E-state index contributed by atoms with van der Waals surface area (Å²) in [5.74, 6) is 0. The minimum atomic E-state index is -1.37. The van der Waals surface area contributed by atoms with E-state index in [2.05, 4.69) is 6.92 Å². The second-order valence-electron chi connectivity index (χ2n) is 6.40. The normalized spacial score (nSPS) is 31.4. The molecule has 0 aromatic carbocycles. The standard InChI is InChI=1S/C17H34O6/c1-2-3-4-5-6-7-8-9-10-11-22-17-16(21)15(20)14(19)13(12-18)23-17/h13-21H,2-12H2,1H3/t13-,14-,15-,16-,17+/m1/s1. The fourth-order valence-corrected chi connectivity index (χ4v) is 2.82. The van der Waals surface area contributed by atoms with Gasteiger partial charge in [-0.25, -0.2) is 0 Å². The Morgan fingerprint density at radius 2 is 1.35 bits per heavy atom. The molecule has 6 heteroatoms. The van der Waals surface area contributed by atoms with Crippen molar-refractivity contribution in [2.75, 3.05) is 13.2 Å². The van der Waals surface area contributed by atoms with Gasteiger partial charge in [-0.15, -0.1) is 0 Å². The summed E-state index contributed by atoms with van der Waals surface area (Å²) in [6.07, 6.45) is 4.97. The first-order chi connectivity index (χ1) is 11.1. The molecule has 0 bridgehead atoms. The average Bonchev–Trinajstić information content (AvgIpc) is 2.56. The second kappa shape index (κ2) is 12.2. The Morgan fingerprint density at radius 1 is 0.783 bits per heavy atom. The van der Waals surface area contributed by atoms with Crippen LogP contribution in [-0.4, -0.2) is 64.3 Å². The highest BCUT2D eigenvalue weighted by Gasteiger charge is 2.43. The SMILES string of the molecule is CCCCCCCCCCCO[C@H]1O[C@H](CO)[C@@H](O)[C@@H](O)[C@H]1O. The van der Waals surface area contributed by atoms with Gasteiger partial charge in [0.2, 0.25) is 0 Å². The molecule has 0 radical (unpaired) electrons. The number of ether oxygens (including phenoxy) is 2. The smallest absolute Gasteiger partial charge is 0.186 e. The Kier molecular flexibility index (Phi) is 11.0. The first kappa shape index (κ1) is 20.8. The van der Waals surface area contributed by atoms with Gasteiger partial charge in [-0.05, 0) is 6.42 Å². The van der Waals surface area contributed by atoms with Gasteiger partial charge in [0.1, 0.15) is 24.4 Å². The number of aliphatic hydroxyl groups excluding tert-OH is 4. The summed E-state index contributed by atoms with van der Waals surface area (Å²) in [5, 5.41) is 38.2. The summed E-state index contributed by atoms with van der Waals surface area (Å²) in [6.45, 7) is 2.22. The summed E-state index contributed by atoms with van der Waals surface area (Å²) in [7, 11) is 0. The minimum absolute atomic E-state index is 0.428. The highest BCUT2D eigenvalue weighted by atomic mass is 16.7. The van der Waals surface area contributed by atoms with Gasteiger partial charge in [0, 0.05) is 6.61 Å². The molecule has 0 unspecified atom stereocenters. The third-order valence-corrected chi connectivity index (χ3v) is 4.38. The molecule has 0 aliphatic carbocycles. The van der Waals surface area contributed by atoms with E-state index in [9.17, 15) is 15.3 Å². The van der Waals surface area contributed by atoms with E-state index in [1.165, 1.54) is 44.9 Å². The first-order valence-corrected chi connectivity index (χ1v) is 9.04. The van der Waals surface area contributed by atoms with Crippen molar-refractivity contribution in [2.24, 2.45) is 0 Å². The second-order valence-corrected chi connectivity index (χ2v) is 6.40. The van der Waals surface area contributed by atoms with Crippen molar-refractivity contribution in [1.29, 1.82) is 0 Å². The molecule has 6 nitrogen and oxygen atoms in total. The minimum Gasteiger partial charge on any atom is -0.394 e. The van der Waals surface area contributed by atoms with Crippen molar-refractivity contribution in [3.05, 3.63) is 0 Å². The molecule has 5 atom stereocenters. The topological polar surface area (TPSA) is 99.4 Å². The lowest BCUT2D eigenvalue weighted by atomic mass is 9.99. The average molecular weight is 334 g/mol. The number of unbranched alkanes of at least 4 members (excludes halogenated alkanes) is 8. The summed E-state index contributed by atoms with van der Waals surface area (Å²) < 4.78 is 10.7. The Bertz CT molecular complexity index is 286. The summed E-state index contributed by atoms with van der Waals surface area (Å²) in [4.78, 5) is 0. The van der Waals surface area contributed by atoms with E-state index in [1.807, 2.05) is 0 Å². The van der Waals surface area contributed by atoms with E-state index < -0.39 is 37.3 Å². The molecule has 0 saturated carbocycles. The van der Waals surface area contributed by atoms with Crippen LogP contribution in [0.1, 0.15) is 64.7 Å². The van der Waals surface area contributed by atoms with E-state index in [0.29, 0.717) is 6.61 Å². The van der Waals surface area contributed by atoms with Crippen LogP contribution in [0.3, 0.4) is 0 Å². The summed E-state index contributed by atoms with van der Waals surface area (Å²) >= 11 is 0. The maximum absolute atomic E-state index is 9.82. The van der Waals surface area contributed by atoms with Gasteiger partial charge in [0.25, 0.3) is 0 Å². The van der Waals surface area contributed by atoms with Crippen LogP contribution in [0.15, 0.2) is 0 Å². The van der Waals surface area contributed by atoms with E-state index in [1.54, 1.807) is 0 Å². The van der Waals surface area contributed by atoms with Gasteiger partial charge in [0.05, 0.1) is 6.61 Å². The lowest BCUT2D eigenvalue weighted by Crippen LogP contribution is -2.59. The fraction of sp³-hybridized carbons (Fsp3) is 1.00. The molecule has 23 heavy (non-hydrogen) atoms. The van der Waals surface area contributed by atoms with Crippen LogP contribution in [0.25, 0.3) is 0 Å². The van der Waals surface area contributed by atoms with Crippen molar-refractivity contribution in [3.63, 3.8) is 0 Å². The molecule has 0 aromatic rings. The van der Waals surface area contributed by atoms with Gasteiger partial charge in [-0.2, -0.15) is 0 Å². The molecule has 0 aromatic heterocycles. The predicted molar refractivity (Wildman–Crippen MR) is 86.9 cm³/mol. The third kappa shape index (κ3) is 7.45. The predicted octanol–water partition coefficient (Wildman–Crippen LogP) is 1.33. The van der Waals surface area contributed by atoms with Gasteiger partial charge < -0.3 is 29.9 Å². The van der Waals surface area contributed by atoms with Gasteiger partial charge >= 0.3 is 0 Å². The number of hydrogen-bond donors (Lipinski definition) is 4. The molecule has 1 aliphatic rings. The zero-order valence-electron chi connectivity index (χ0n) is 14.3. The van der Waals surface area contributed by atoms with E-state index in [4.69, 9.17) is 14.6 Å². The Labute approximate surface area is 139 Å². The fourth-order valence-electron chi connectivity index (χ4n) is 2.82. The molecule has 4 N–H and O–H groups in total. The largest absolute Gasteiger partial charge is 0.394 e. The summed E-state index contributed by atoms with van der Waals surface area (Å²) in [6, 6.07) is 0. The van der Waals surface area contributed by atoms with Crippen molar-refractivity contribution in [1.82, 2.24) is 0 Å². The molecule has 1 saturated heterocycles. The molecular weight excluding hydrogens is 300 g/mol. The molecular formula is C17H34O6. The van der Waals surface area contributed by atoms with Gasteiger partial charge in [-0.3, -0.25) is 0 Å². The van der Waals surface area contributed by atoms with Crippen molar-refractivity contribution in [3.8, 4) is 0 Å². The lowest BCUT2D eigenvalue weighted by molar-refractivity contribution is -0.301. The highest BCUT2D eigenvalue weighted by Crippen LogP contribution is 2.22. The van der Waals surface area contributed by atoms with Crippen molar-refractivity contribution >= 4 is 0 Å². The molecule has 0 spiro atoms. The van der Waals surface area contributed by atoms with Gasteiger partial charge in [0.15, 0.2) is 6.29 Å². The van der Waals surface area contributed by atoms with E-state index in [-0.39, 0.29) is 0 Å². The monoisotopic (exact) mass is 334 g/mol. The quantitative estimate of drug-likeness (QED) is 0.402. The zero-order valence-corrected chi connectivity index (χ0v) is 14.3. The maximum atomic E-state index is 9.82.